The second-order valence-electron chi connectivity index (χ2n) is 6.55. The quantitative estimate of drug-likeness (QED) is 0.519. The molecule has 156 valence electrons. The second-order valence-corrected chi connectivity index (χ2v) is 7.33. The number of nitrogens with one attached hydrogen (secondary N) is 2. The van der Waals surface area contributed by atoms with Gasteiger partial charge in [-0.2, -0.15) is 11.3 Å². The maximum absolute atomic E-state index is 12.0. The Hall–Kier alpha value is -3.32. The number of carbonyl (C=O) groups excluding carboxylic acids is 2. The molecule has 3 rings (SSSR count). The molecule has 3 aromatic rings. The van der Waals surface area contributed by atoms with Gasteiger partial charge in [0.1, 0.15) is 6.61 Å². The molecule has 0 aliphatic rings. The van der Waals surface area contributed by atoms with E-state index in [9.17, 15) is 9.59 Å². The fraction of sp³-hybridized carbons (Fsp3) is 0.217. The van der Waals surface area contributed by atoms with E-state index >= 15 is 0 Å². The van der Waals surface area contributed by atoms with Crippen molar-refractivity contribution in [2.24, 2.45) is 0 Å². The van der Waals surface area contributed by atoms with Crippen LogP contribution in [0.25, 0.3) is 0 Å². The van der Waals surface area contributed by atoms with E-state index in [-0.39, 0.29) is 24.8 Å². The van der Waals surface area contributed by atoms with Gasteiger partial charge >= 0.3 is 0 Å². The van der Waals surface area contributed by atoms with Crippen molar-refractivity contribution in [3.63, 3.8) is 0 Å². The summed E-state index contributed by atoms with van der Waals surface area (Å²) in [5.41, 5.74) is 2.58. The van der Waals surface area contributed by atoms with E-state index in [0.717, 1.165) is 11.1 Å². The van der Waals surface area contributed by atoms with Crippen molar-refractivity contribution in [3.05, 3.63) is 82.0 Å². The van der Waals surface area contributed by atoms with Gasteiger partial charge in [-0.05, 0) is 34.7 Å². The summed E-state index contributed by atoms with van der Waals surface area (Å²) in [4.78, 5) is 23.9. The lowest BCUT2D eigenvalue weighted by atomic mass is 10.2. The molecule has 2 N–H and O–H groups in total. The largest absolute Gasteiger partial charge is 0.493 e. The number of carbonyl (C=O) groups is 2. The van der Waals surface area contributed by atoms with Crippen LogP contribution in [-0.2, 0) is 17.9 Å². The SMILES string of the molecule is COc1cc(CNC(=O)CCNC(=O)c2ccsc2)ccc1OCc1ccccc1. The number of thiophene rings is 1. The molecule has 0 aliphatic heterocycles. The van der Waals surface area contributed by atoms with E-state index in [2.05, 4.69) is 10.6 Å². The van der Waals surface area contributed by atoms with Gasteiger partial charge in [0.05, 0.1) is 7.11 Å². The van der Waals surface area contributed by atoms with Gasteiger partial charge in [-0.25, -0.2) is 0 Å². The van der Waals surface area contributed by atoms with Gasteiger partial charge in [0.25, 0.3) is 5.91 Å². The Morgan fingerprint density at radius 3 is 2.53 bits per heavy atom. The number of amides is 2. The van der Waals surface area contributed by atoms with Gasteiger partial charge in [0.15, 0.2) is 11.5 Å². The van der Waals surface area contributed by atoms with Gasteiger partial charge in [-0.1, -0.05) is 36.4 Å². The molecule has 0 fully saturated rings. The minimum Gasteiger partial charge on any atom is -0.493 e. The van der Waals surface area contributed by atoms with Crippen molar-refractivity contribution >= 4 is 23.2 Å². The third-order valence-corrected chi connectivity index (χ3v) is 5.06. The highest BCUT2D eigenvalue weighted by atomic mass is 32.1. The zero-order valence-corrected chi connectivity index (χ0v) is 17.5. The third kappa shape index (κ3) is 6.35. The zero-order valence-electron chi connectivity index (χ0n) is 16.7. The van der Waals surface area contributed by atoms with Crippen LogP contribution in [0.2, 0.25) is 0 Å². The topological polar surface area (TPSA) is 76.7 Å². The van der Waals surface area contributed by atoms with Crippen molar-refractivity contribution in [1.82, 2.24) is 10.6 Å². The Balaban J connectivity index is 1.44. The molecule has 0 spiro atoms. The number of ether oxygens (including phenoxy) is 2. The Morgan fingerprint density at radius 1 is 0.967 bits per heavy atom. The minimum absolute atomic E-state index is 0.135. The molecule has 0 atom stereocenters. The Morgan fingerprint density at radius 2 is 1.80 bits per heavy atom. The maximum atomic E-state index is 12.0. The van der Waals surface area contributed by atoms with Crippen molar-refractivity contribution in [2.75, 3.05) is 13.7 Å². The molecule has 2 amide bonds. The first-order chi connectivity index (χ1) is 14.7. The number of rotatable bonds is 10. The average Bonchev–Trinajstić information content (AvgIpc) is 3.32. The standard InChI is InChI=1S/C23H24N2O4S/c1-28-21-13-18(7-8-20(21)29-15-17-5-3-2-4-6-17)14-25-22(26)9-11-24-23(27)19-10-12-30-16-19/h2-8,10,12-13,16H,9,11,14-15H2,1H3,(H,24,27)(H,25,26). The molecule has 0 aliphatic carbocycles. The predicted octanol–water partition coefficient (Wildman–Crippen LogP) is 3.77. The van der Waals surface area contributed by atoms with Crippen LogP contribution in [-0.4, -0.2) is 25.5 Å². The smallest absolute Gasteiger partial charge is 0.252 e. The van der Waals surface area contributed by atoms with Gasteiger partial charge in [-0.15, -0.1) is 0 Å². The summed E-state index contributed by atoms with van der Waals surface area (Å²) in [5.74, 6) is 0.956. The van der Waals surface area contributed by atoms with E-state index in [1.165, 1.54) is 11.3 Å². The molecule has 2 aromatic carbocycles. The zero-order chi connectivity index (χ0) is 21.2. The molecular formula is C23H24N2O4S. The normalized spacial score (nSPS) is 10.3. The lowest BCUT2D eigenvalue weighted by molar-refractivity contribution is -0.121. The molecule has 0 saturated carbocycles. The average molecular weight is 425 g/mol. The second kappa shape index (κ2) is 11.0. The summed E-state index contributed by atoms with van der Waals surface area (Å²) >= 11 is 1.46. The van der Waals surface area contributed by atoms with Crippen LogP contribution >= 0.6 is 11.3 Å². The monoisotopic (exact) mass is 424 g/mol. The summed E-state index contributed by atoms with van der Waals surface area (Å²) in [6, 6.07) is 17.2. The number of methoxy groups -OCH3 is 1. The van der Waals surface area contributed by atoms with Crippen LogP contribution in [0.15, 0.2) is 65.4 Å². The maximum Gasteiger partial charge on any atom is 0.252 e. The highest BCUT2D eigenvalue weighted by Gasteiger charge is 2.09. The minimum atomic E-state index is -0.167. The number of hydrogen-bond donors (Lipinski definition) is 2. The molecule has 7 heteroatoms. The summed E-state index contributed by atoms with van der Waals surface area (Å²) in [7, 11) is 1.59. The molecule has 1 heterocycles. The molecule has 0 unspecified atom stereocenters. The molecule has 0 radical (unpaired) electrons. The Bertz CT molecular complexity index is 959. The molecular weight excluding hydrogens is 400 g/mol. The van der Waals surface area contributed by atoms with Gasteiger partial charge < -0.3 is 20.1 Å². The van der Waals surface area contributed by atoms with Crippen LogP contribution in [0.3, 0.4) is 0 Å². The van der Waals surface area contributed by atoms with E-state index < -0.39 is 0 Å². The summed E-state index contributed by atoms with van der Waals surface area (Å²) in [5, 5.41) is 9.20. The Kier molecular flexibility index (Phi) is 7.86. The van der Waals surface area contributed by atoms with E-state index in [0.29, 0.717) is 30.2 Å². The van der Waals surface area contributed by atoms with E-state index in [1.54, 1.807) is 18.6 Å². The van der Waals surface area contributed by atoms with Crippen LogP contribution in [0.4, 0.5) is 0 Å². The van der Waals surface area contributed by atoms with E-state index in [4.69, 9.17) is 9.47 Å². The van der Waals surface area contributed by atoms with Crippen molar-refractivity contribution in [1.29, 1.82) is 0 Å². The lowest BCUT2D eigenvalue weighted by Crippen LogP contribution is -2.30. The first-order valence-corrected chi connectivity index (χ1v) is 10.5. The first kappa shape index (κ1) is 21.4. The first-order valence-electron chi connectivity index (χ1n) is 9.56. The van der Waals surface area contributed by atoms with Crippen molar-refractivity contribution < 1.29 is 19.1 Å². The number of hydrogen-bond acceptors (Lipinski definition) is 5. The van der Waals surface area contributed by atoms with Crippen LogP contribution in [0.5, 0.6) is 11.5 Å². The fourth-order valence-electron chi connectivity index (χ4n) is 2.75. The van der Waals surface area contributed by atoms with E-state index in [1.807, 2.05) is 53.9 Å². The molecule has 1 aromatic heterocycles. The molecule has 0 bridgehead atoms. The van der Waals surface area contributed by atoms with Crippen LogP contribution < -0.4 is 20.1 Å². The van der Waals surface area contributed by atoms with Gasteiger partial charge in [0.2, 0.25) is 5.91 Å². The summed E-state index contributed by atoms with van der Waals surface area (Å²) in [6.45, 7) is 1.10. The molecule has 30 heavy (non-hydrogen) atoms. The molecule has 6 nitrogen and oxygen atoms in total. The fourth-order valence-corrected chi connectivity index (χ4v) is 3.39. The predicted molar refractivity (Wildman–Crippen MR) is 117 cm³/mol. The van der Waals surface area contributed by atoms with Crippen LogP contribution in [0, 0.1) is 0 Å². The Labute approximate surface area is 179 Å². The summed E-state index contributed by atoms with van der Waals surface area (Å²) in [6.07, 6.45) is 0.214. The van der Waals surface area contributed by atoms with Crippen molar-refractivity contribution in [2.45, 2.75) is 19.6 Å². The lowest BCUT2D eigenvalue weighted by Gasteiger charge is -2.13. The van der Waals surface area contributed by atoms with Gasteiger partial charge in [-0.3, -0.25) is 9.59 Å². The van der Waals surface area contributed by atoms with Gasteiger partial charge in [0, 0.05) is 30.5 Å². The third-order valence-electron chi connectivity index (χ3n) is 4.38. The van der Waals surface area contributed by atoms with Crippen molar-refractivity contribution in [3.8, 4) is 11.5 Å². The number of benzene rings is 2. The summed E-state index contributed by atoms with van der Waals surface area (Å²) < 4.78 is 11.3. The molecule has 0 saturated heterocycles. The van der Waals surface area contributed by atoms with Crippen LogP contribution in [0.1, 0.15) is 27.9 Å². The highest BCUT2D eigenvalue weighted by Crippen LogP contribution is 2.28. The highest BCUT2D eigenvalue weighted by molar-refractivity contribution is 7.08.